The third-order valence-electron chi connectivity index (χ3n) is 5.91. The number of rotatable bonds is 6. The van der Waals surface area contributed by atoms with Crippen LogP contribution in [-0.2, 0) is 14.8 Å². The normalized spacial score (nSPS) is 15.7. The van der Waals surface area contributed by atoms with Gasteiger partial charge < -0.3 is 10.2 Å². The number of sulfonamides is 1. The Kier molecular flexibility index (Phi) is 7.57. The number of benzene rings is 3. The van der Waals surface area contributed by atoms with Crippen molar-refractivity contribution in [3.05, 3.63) is 102 Å². The summed E-state index contributed by atoms with van der Waals surface area (Å²) >= 11 is 0. The number of hydrogen-bond acceptors (Lipinski definition) is 4. The highest BCUT2D eigenvalue weighted by Crippen LogP contribution is 2.21. The molecule has 35 heavy (non-hydrogen) atoms. The summed E-state index contributed by atoms with van der Waals surface area (Å²) in [4.78, 5) is 28.0. The quantitative estimate of drug-likeness (QED) is 0.569. The average Bonchev–Trinajstić information content (AvgIpc) is 3.15. The summed E-state index contributed by atoms with van der Waals surface area (Å²) in [6.45, 7) is 0.845. The van der Waals surface area contributed by atoms with Crippen LogP contribution in [-0.4, -0.2) is 55.6 Å². The van der Waals surface area contributed by atoms with Crippen molar-refractivity contribution < 1.29 is 22.4 Å². The van der Waals surface area contributed by atoms with Crippen LogP contribution in [0.5, 0.6) is 0 Å². The van der Waals surface area contributed by atoms with Gasteiger partial charge in [0.2, 0.25) is 15.9 Å². The molecule has 3 aromatic carbocycles. The second-order valence-electron chi connectivity index (χ2n) is 8.22. The van der Waals surface area contributed by atoms with Crippen molar-refractivity contribution in [2.45, 2.75) is 17.4 Å². The lowest BCUT2D eigenvalue weighted by atomic mass is 10.0. The highest BCUT2D eigenvalue weighted by Gasteiger charge is 2.32. The molecule has 0 bridgehead atoms. The maximum Gasteiger partial charge on any atom is 0.252 e. The Morgan fingerprint density at radius 3 is 2.09 bits per heavy atom. The molecule has 0 spiro atoms. The summed E-state index contributed by atoms with van der Waals surface area (Å²) in [5.74, 6) is -1.19. The molecule has 1 unspecified atom stereocenters. The van der Waals surface area contributed by atoms with Crippen LogP contribution in [0.1, 0.15) is 28.4 Å². The van der Waals surface area contributed by atoms with Gasteiger partial charge in [0, 0.05) is 31.7 Å². The summed E-state index contributed by atoms with van der Waals surface area (Å²) in [7, 11) is -3.82. The molecule has 1 aliphatic rings. The van der Waals surface area contributed by atoms with Crippen LogP contribution in [0.4, 0.5) is 4.39 Å². The summed E-state index contributed by atoms with van der Waals surface area (Å²) in [5, 5.41) is 2.84. The first-order chi connectivity index (χ1) is 16.9. The third kappa shape index (κ3) is 5.75. The van der Waals surface area contributed by atoms with Crippen molar-refractivity contribution in [3.8, 4) is 0 Å². The fourth-order valence-electron chi connectivity index (χ4n) is 4.03. The molecular formula is C26H26FN3O4S. The van der Waals surface area contributed by atoms with E-state index in [1.807, 2.05) is 6.07 Å². The molecule has 2 amide bonds. The average molecular weight is 496 g/mol. The van der Waals surface area contributed by atoms with Crippen molar-refractivity contribution in [2.75, 3.05) is 26.2 Å². The van der Waals surface area contributed by atoms with Crippen molar-refractivity contribution in [3.63, 3.8) is 0 Å². The van der Waals surface area contributed by atoms with E-state index in [0.717, 1.165) is 12.1 Å². The standard InChI is InChI=1S/C26H26FN3O4S/c27-22-12-14-23(15-13-22)35(33,34)30-17-7-16-29(18-19-30)26(32)24(20-8-3-1-4-9-20)28-25(31)21-10-5-2-6-11-21/h1-6,8-15,24H,7,16-19H2,(H,28,31). The minimum atomic E-state index is -3.82. The molecule has 7 nitrogen and oxygen atoms in total. The largest absolute Gasteiger partial charge is 0.339 e. The Hall–Kier alpha value is -3.56. The molecule has 9 heteroatoms. The number of carbonyl (C=O) groups is 2. The molecule has 4 rings (SSSR count). The van der Waals surface area contributed by atoms with Gasteiger partial charge in [-0.2, -0.15) is 4.31 Å². The van der Waals surface area contributed by atoms with Gasteiger partial charge in [0.15, 0.2) is 0 Å². The molecule has 1 aliphatic heterocycles. The Morgan fingerprint density at radius 2 is 1.43 bits per heavy atom. The van der Waals surface area contributed by atoms with Crippen LogP contribution >= 0.6 is 0 Å². The van der Waals surface area contributed by atoms with E-state index >= 15 is 0 Å². The van der Waals surface area contributed by atoms with Gasteiger partial charge >= 0.3 is 0 Å². The Bertz CT molecular complexity index is 1270. The minimum absolute atomic E-state index is 0.0102. The number of hydrogen-bond donors (Lipinski definition) is 1. The Morgan fingerprint density at radius 1 is 0.800 bits per heavy atom. The summed E-state index contributed by atoms with van der Waals surface area (Å²) in [6, 6.07) is 21.4. The van der Waals surface area contributed by atoms with Crippen LogP contribution in [0.15, 0.2) is 89.8 Å². The molecule has 1 atom stereocenters. The van der Waals surface area contributed by atoms with E-state index < -0.39 is 21.9 Å². The zero-order valence-corrected chi connectivity index (χ0v) is 19.8. The van der Waals surface area contributed by atoms with Crippen LogP contribution < -0.4 is 5.32 Å². The van der Waals surface area contributed by atoms with E-state index in [-0.39, 0.29) is 36.3 Å². The smallest absolute Gasteiger partial charge is 0.252 e. The van der Waals surface area contributed by atoms with Crippen molar-refractivity contribution >= 4 is 21.8 Å². The van der Waals surface area contributed by atoms with Gasteiger partial charge in [0.25, 0.3) is 5.91 Å². The maximum absolute atomic E-state index is 13.6. The van der Waals surface area contributed by atoms with Crippen LogP contribution in [0.2, 0.25) is 0 Å². The van der Waals surface area contributed by atoms with Crippen LogP contribution in [0.3, 0.4) is 0 Å². The van der Waals surface area contributed by atoms with Crippen molar-refractivity contribution in [1.82, 2.24) is 14.5 Å². The predicted molar refractivity (Wildman–Crippen MR) is 129 cm³/mol. The Balaban J connectivity index is 1.51. The first kappa shape index (κ1) is 24.6. The molecule has 1 saturated heterocycles. The molecule has 0 saturated carbocycles. The first-order valence-corrected chi connectivity index (χ1v) is 12.8. The maximum atomic E-state index is 13.6. The second kappa shape index (κ2) is 10.8. The number of carbonyl (C=O) groups excluding carboxylic acids is 2. The van der Waals surface area contributed by atoms with E-state index in [9.17, 15) is 22.4 Å². The molecule has 182 valence electrons. The number of amides is 2. The molecule has 0 aliphatic carbocycles. The fraction of sp³-hybridized carbons (Fsp3) is 0.231. The number of nitrogens with one attached hydrogen (secondary N) is 1. The van der Waals surface area contributed by atoms with E-state index in [2.05, 4.69) is 5.32 Å². The van der Waals surface area contributed by atoms with Crippen molar-refractivity contribution in [2.24, 2.45) is 0 Å². The topological polar surface area (TPSA) is 86.8 Å². The Labute approximate surface area is 204 Å². The molecule has 1 heterocycles. The third-order valence-corrected chi connectivity index (χ3v) is 7.82. The summed E-state index contributed by atoms with van der Waals surface area (Å²) in [6.07, 6.45) is 0.431. The van der Waals surface area contributed by atoms with Gasteiger partial charge in [-0.15, -0.1) is 0 Å². The van der Waals surface area contributed by atoms with Gasteiger partial charge in [0.05, 0.1) is 4.90 Å². The molecule has 1 N–H and O–H groups in total. The van der Waals surface area contributed by atoms with Gasteiger partial charge in [-0.25, -0.2) is 12.8 Å². The van der Waals surface area contributed by atoms with E-state index in [4.69, 9.17) is 0 Å². The van der Waals surface area contributed by atoms with E-state index in [0.29, 0.717) is 24.1 Å². The minimum Gasteiger partial charge on any atom is -0.339 e. The summed E-state index contributed by atoms with van der Waals surface area (Å²) < 4.78 is 40.6. The van der Waals surface area contributed by atoms with Crippen molar-refractivity contribution in [1.29, 1.82) is 0 Å². The molecule has 3 aromatic rings. The van der Waals surface area contributed by atoms with Crippen LogP contribution in [0.25, 0.3) is 0 Å². The number of halogens is 1. The van der Waals surface area contributed by atoms with Gasteiger partial charge in [-0.3, -0.25) is 9.59 Å². The molecule has 1 fully saturated rings. The zero-order chi connectivity index (χ0) is 24.8. The lowest BCUT2D eigenvalue weighted by Gasteiger charge is -2.27. The SMILES string of the molecule is O=C(NC(C(=O)N1CCCN(S(=O)(=O)c2ccc(F)cc2)CC1)c1ccccc1)c1ccccc1. The predicted octanol–water partition coefficient (Wildman–Crippen LogP) is 3.22. The van der Waals surface area contributed by atoms with Gasteiger partial charge in [-0.1, -0.05) is 48.5 Å². The number of nitrogens with zero attached hydrogens (tertiary/aromatic N) is 2. The first-order valence-electron chi connectivity index (χ1n) is 11.3. The summed E-state index contributed by atoms with van der Waals surface area (Å²) in [5.41, 5.74) is 1.08. The fourth-order valence-corrected chi connectivity index (χ4v) is 5.50. The van der Waals surface area contributed by atoms with Crippen LogP contribution in [0, 0.1) is 5.82 Å². The monoisotopic (exact) mass is 495 g/mol. The zero-order valence-electron chi connectivity index (χ0n) is 19.0. The lowest BCUT2D eigenvalue weighted by Crippen LogP contribution is -2.44. The molecule has 0 aromatic heterocycles. The highest BCUT2D eigenvalue weighted by molar-refractivity contribution is 7.89. The molecular weight excluding hydrogens is 469 g/mol. The lowest BCUT2D eigenvalue weighted by molar-refractivity contribution is -0.133. The van der Waals surface area contributed by atoms with E-state index in [1.54, 1.807) is 59.5 Å². The highest BCUT2D eigenvalue weighted by atomic mass is 32.2. The molecule has 0 radical (unpaired) electrons. The van der Waals surface area contributed by atoms with Gasteiger partial charge in [-0.05, 0) is 48.4 Å². The second-order valence-corrected chi connectivity index (χ2v) is 10.2. The van der Waals surface area contributed by atoms with Gasteiger partial charge in [0.1, 0.15) is 11.9 Å². The van der Waals surface area contributed by atoms with E-state index in [1.165, 1.54) is 16.4 Å².